The third kappa shape index (κ3) is 2.12. The summed E-state index contributed by atoms with van der Waals surface area (Å²) in [6.45, 7) is 8.78. The molecule has 94 valence electrons. The third-order valence-corrected chi connectivity index (χ3v) is 3.29. The normalized spacial score (nSPS) is 14.5. The molecule has 0 aromatic heterocycles. The van der Waals surface area contributed by atoms with E-state index in [2.05, 4.69) is 13.8 Å². The maximum Gasteiger partial charge on any atom is 0.231 e. The highest BCUT2D eigenvalue weighted by atomic mass is 16.7. The quantitative estimate of drug-likeness (QED) is 0.877. The molecule has 0 fully saturated rings. The van der Waals surface area contributed by atoms with Crippen molar-refractivity contribution in [3.8, 4) is 11.5 Å². The minimum Gasteiger partial charge on any atom is -0.454 e. The molecule has 1 aliphatic rings. The molecule has 1 aliphatic heterocycles. The molecule has 1 aromatic rings. The molecule has 1 aromatic carbocycles. The lowest BCUT2D eigenvalue weighted by Gasteiger charge is -2.27. The summed E-state index contributed by atoms with van der Waals surface area (Å²) >= 11 is 0. The van der Waals surface area contributed by atoms with Gasteiger partial charge in [-0.15, -0.1) is 0 Å². The Morgan fingerprint density at radius 3 is 2.35 bits per heavy atom. The van der Waals surface area contributed by atoms with Crippen LogP contribution in [-0.4, -0.2) is 18.5 Å². The highest BCUT2D eigenvalue weighted by Gasteiger charge is 2.27. The summed E-state index contributed by atoms with van der Waals surface area (Å²) in [4.78, 5) is 0. The van der Waals surface area contributed by atoms with Crippen molar-refractivity contribution in [3.63, 3.8) is 0 Å². The number of ether oxygens (including phenoxy) is 2. The van der Waals surface area contributed by atoms with Gasteiger partial charge in [-0.3, -0.25) is 0 Å². The van der Waals surface area contributed by atoms with Gasteiger partial charge in [0.2, 0.25) is 6.79 Å². The first-order valence-corrected chi connectivity index (χ1v) is 6.00. The summed E-state index contributed by atoms with van der Waals surface area (Å²) < 4.78 is 10.8. The van der Waals surface area contributed by atoms with Crippen molar-refractivity contribution in [2.24, 2.45) is 0 Å². The monoisotopic (exact) mass is 236 g/mol. The Bertz CT molecular complexity index is 422. The second kappa shape index (κ2) is 4.22. The Morgan fingerprint density at radius 2 is 1.82 bits per heavy atom. The maximum atomic E-state index is 9.53. The summed E-state index contributed by atoms with van der Waals surface area (Å²) in [5.41, 5.74) is 2.09. The van der Waals surface area contributed by atoms with E-state index in [4.69, 9.17) is 9.47 Å². The largest absolute Gasteiger partial charge is 0.454 e. The van der Waals surface area contributed by atoms with Crippen LogP contribution in [0.5, 0.6) is 11.5 Å². The summed E-state index contributed by atoms with van der Waals surface area (Å²) in [7, 11) is 0. The minimum atomic E-state index is -0.263. The Kier molecular flexibility index (Phi) is 3.04. The molecule has 0 bridgehead atoms. The lowest BCUT2D eigenvalue weighted by molar-refractivity contribution is 0.173. The molecule has 3 nitrogen and oxygen atoms in total. The lowest BCUT2D eigenvalue weighted by Crippen LogP contribution is -2.24. The molecule has 0 saturated carbocycles. The minimum absolute atomic E-state index is 0.117. The molecule has 1 heterocycles. The molecule has 0 radical (unpaired) electrons. The van der Waals surface area contributed by atoms with E-state index in [1.807, 2.05) is 26.0 Å². The average Bonchev–Trinajstić information content (AvgIpc) is 2.74. The molecule has 0 saturated heterocycles. The molecule has 1 N–H and O–H groups in total. The van der Waals surface area contributed by atoms with Gasteiger partial charge in [-0.1, -0.05) is 27.7 Å². The van der Waals surface area contributed by atoms with Crippen molar-refractivity contribution >= 4 is 0 Å². The van der Waals surface area contributed by atoms with Crippen LogP contribution in [-0.2, 0) is 5.41 Å². The number of benzene rings is 1. The fourth-order valence-corrected chi connectivity index (χ4v) is 2.11. The van der Waals surface area contributed by atoms with Gasteiger partial charge < -0.3 is 14.6 Å². The van der Waals surface area contributed by atoms with E-state index >= 15 is 0 Å². The molecule has 2 rings (SSSR count). The van der Waals surface area contributed by atoms with Crippen LogP contribution in [0.1, 0.15) is 44.7 Å². The summed E-state index contributed by atoms with van der Waals surface area (Å²) in [6.07, 6.45) is 0. The van der Waals surface area contributed by atoms with Crippen LogP contribution in [0, 0.1) is 0 Å². The Morgan fingerprint density at radius 1 is 1.24 bits per heavy atom. The Labute approximate surface area is 102 Å². The van der Waals surface area contributed by atoms with Gasteiger partial charge in [-0.05, 0) is 29.2 Å². The van der Waals surface area contributed by atoms with Crippen LogP contribution in [0.2, 0.25) is 0 Å². The van der Waals surface area contributed by atoms with Crippen LogP contribution < -0.4 is 9.47 Å². The molecular weight excluding hydrogens is 216 g/mol. The van der Waals surface area contributed by atoms with E-state index in [-0.39, 0.29) is 18.8 Å². The van der Waals surface area contributed by atoms with Crippen molar-refractivity contribution in [1.29, 1.82) is 0 Å². The maximum absolute atomic E-state index is 9.53. The van der Waals surface area contributed by atoms with Gasteiger partial charge in [-0.25, -0.2) is 0 Å². The van der Waals surface area contributed by atoms with E-state index < -0.39 is 0 Å². The SMILES string of the molecule is CC(C)c1cc2c(cc1C(C)(C)CO)OCO2. The number of fused-ring (bicyclic) bond motifs is 1. The third-order valence-electron chi connectivity index (χ3n) is 3.29. The summed E-state index contributed by atoms with van der Waals surface area (Å²) in [5, 5.41) is 9.53. The Balaban J connectivity index is 2.56. The molecule has 3 heteroatoms. The first-order chi connectivity index (χ1) is 7.95. The van der Waals surface area contributed by atoms with E-state index in [1.165, 1.54) is 5.56 Å². The van der Waals surface area contributed by atoms with Crippen molar-refractivity contribution in [2.45, 2.75) is 39.0 Å². The lowest BCUT2D eigenvalue weighted by atomic mass is 9.79. The van der Waals surface area contributed by atoms with E-state index in [9.17, 15) is 5.11 Å². The molecule has 0 atom stereocenters. The van der Waals surface area contributed by atoms with Crippen molar-refractivity contribution in [3.05, 3.63) is 23.3 Å². The zero-order valence-corrected chi connectivity index (χ0v) is 10.9. The molecule has 0 spiro atoms. The zero-order chi connectivity index (χ0) is 12.6. The second-order valence-electron chi connectivity index (χ2n) is 5.49. The van der Waals surface area contributed by atoms with Crippen LogP contribution in [0.25, 0.3) is 0 Å². The highest BCUT2D eigenvalue weighted by Crippen LogP contribution is 2.41. The number of aliphatic hydroxyl groups excluding tert-OH is 1. The highest BCUT2D eigenvalue weighted by molar-refractivity contribution is 5.51. The standard InChI is InChI=1S/C14H20O3/c1-9(2)10-5-12-13(17-8-16-12)6-11(10)14(3,4)7-15/h5-6,9,15H,7-8H2,1-4H3. The first kappa shape index (κ1) is 12.2. The topological polar surface area (TPSA) is 38.7 Å². The van der Waals surface area contributed by atoms with Crippen LogP contribution in [0.4, 0.5) is 0 Å². The molecule has 0 unspecified atom stereocenters. The molecule has 0 amide bonds. The average molecular weight is 236 g/mol. The van der Waals surface area contributed by atoms with Crippen molar-refractivity contribution < 1.29 is 14.6 Å². The predicted octanol–water partition coefficient (Wildman–Crippen LogP) is 2.81. The fourth-order valence-electron chi connectivity index (χ4n) is 2.11. The van der Waals surface area contributed by atoms with E-state index in [0.29, 0.717) is 5.92 Å². The summed E-state index contributed by atoms with van der Waals surface area (Å²) in [5.74, 6) is 1.99. The van der Waals surface area contributed by atoms with Gasteiger partial charge >= 0.3 is 0 Å². The fraction of sp³-hybridized carbons (Fsp3) is 0.571. The number of hydrogen-bond donors (Lipinski definition) is 1. The zero-order valence-electron chi connectivity index (χ0n) is 10.9. The van der Waals surface area contributed by atoms with Gasteiger partial charge in [0, 0.05) is 5.41 Å². The van der Waals surface area contributed by atoms with Crippen LogP contribution in [0.3, 0.4) is 0 Å². The number of hydrogen-bond acceptors (Lipinski definition) is 3. The first-order valence-electron chi connectivity index (χ1n) is 6.00. The van der Waals surface area contributed by atoms with Crippen molar-refractivity contribution in [1.82, 2.24) is 0 Å². The van der Waals surface area contributed by atoms with Crippen LogP contribution >= 0.6 is 0 Å². The van der Waals surface area contributed by atoms with Crippen molar-refractivity contribution in [2.75, 3.05) is 13.4 Å². The van der Waals surface area contributed by atoms with Gasteiger partial charge in [0.05, 0.1) is 6.61 Å². The number of aliphatic hydroxyl groups is 1. The van der Waals surface area contributed by atoms with E-state index in [1.54, 1.807) is 0 Å². The number of rotatable bonds is 3. The van der Waals surface area contributed by atoms with Crippen LogP contribution in [0.15, 0.2) is 12.1 Å². The smallest absolute Gasteiger partial charge is 0.231 e. The van der Waals surface area contributed by atoms with E-state index in [0.717, 1.165) is 17.1 Å². The van der Waals surface area contributed by atoms with Gasteiger partial charge in [0.1, 0.15) is 0 Å². The molecule has 17 heavy (non-hydrogen) atoms. The van der Waals surface area contributed by atoms with Gasteiger partial charge in [-0.2, -0.15) is 0 Å². The molecular formula is C14H20O3. The predicted molar refractivity (Wildman–Crippen MR) is 66.8 cm³/mol. The molecule has 0 aliphatic carbocycles. The second-order valence-corrected chi connectivity index (χ2v) is 5.49. The van der Waals surface area contributed by atoms with Gasteiger partial charge in [0.25, 0.3) is 0 Å². The van der Waals surface area contributed by atoms with Gasteiger partial charge in [0.15, 0.2) is 11.5 Å². The Hall–Kier alpha value is -1.22. The summed E-state index contributed by atoms with van der Waals surface area (Å²) in [6, 6.07) is 4.05.